The smallest absolute Gasteiger partial charge is 0.328 e. The Balaban J connectivity index is 2.87. The van der Waals surface area contributed by atoms with E-state index in [1.54, 1.807) is 17.0 Å². The van der Waals surface area contributed by atoms with Gasteiger partial charge in [-0.2, -0.15) is 0 Å². The maximum atomic E-state index is 12.3. The number of carbonyl (C=O) groups excluding carboxylic acids is 1. The van der Waals surface area contributed by atoms with Crippen LogP contribution in [0, 0.1) is 0 Å². The van der Waals surface area contributed by atoms with Crippen molar-refractivity contribution in [1.29, 1.82) is 0 Å². The standard InChI is InChI=1S/C15H20N2O3/c1-4-11(3)17(5-2)15(20)13-8-6-12(10-16-13)7-9-14(18)19/h6-11H,4-5H2,1-3H3,(H,18,19). The summed E-state index contributed by atoms with van der Waals surface area (Å²) in [5, 5.41) is 8.54. The van der Waals surface area contributed by atoms with Crippen LogP contribution in [0.1, 0.15) is 43.2 Å². The average molecular weight is 276 g/mol. The Labute approximate surface area is 118 Å². The van der Waals surface area contributed by atoms with Crippen molar-refractivity contribution in [2.45, 2.75) is 33.2 Å². The molecule has 0 saturated carbocycles. The summed E-state index contributed by atoms with van der Waals surface area (Å²) in [5.41, 5.74) is 1.02. The fourth-order valence-corrected chi connectivity index (χ4v) is 1.82. The second kappa shape index (κ2) is 7.43. The lowest BCUT2D eigenvalue weighted by atomic mass is 10.2. The summed E-state index contributed by atoms with van der Waals surface area (Å²) in [6, 6.07) is 3.47. The van der Waals surface area contributed by atoms with Crippen molar-refractivity contribution in [3.05, 3.63) is 35.7 Å². The molecule has 1 heterocycles. The van der Waals surface area contributed by atoms with Gasteiger partial charge in [-0.05, 0) is 38.0 Å². The van der Waals surface area contributed by atoms with E-state index in [-0.39, 0.29) is 11.9 Å². The normalized spacial score (nSPS) is 12.3. The van der Waals surface area contributed by atoms with Gasteiger partial charge in [-0.25, -0.2) is 4.79 Å². The average Bonchev–Trinajstić information content (AvgIpc) is 2.45. The van der Waals surface area contributed by atoms with Gasteiger partial charge in [0.15, 0.2) is 0 Å². The Bertz CT molecular complexity index is 494. The van der Waals surface area contributed by atoms with Crippen LogP contribution in [0.5, 0.6) is 0 Å². The van der Waals surface area contributed by atoms with Gasteiger partial charge >= 0.3 is 5.97 Å². The number of rotatable bonds is 6. The van der Waals surface area contributed by atoms with Crippen LogP contribution < -0.4 is 0 Å². The van der Waals surface area contributed by atoms with Crippen molar-refractivity contribution in [1.82, 2.24) is 9.88 Å². The van der Waals surface area contributed by atoms with E-state index in [0.717, 1.165) is 12.5 Å². The molecule has 0 aromatic carbocycles. The molecule has 5 nitrogen and oxygen atoms in total. The number of hydrogen-bond donors (Lipinski definition) is 1. The minimum atomic E-state index is -1.01. The molecule has 20 heavy (non-hydrogen) atoms. The maximum Gasteiger partial charge on any atom is 0.328 e. The van der Waals surface area contributed by atoms with Gasteiger partial charge in [0, 0.05) is 24.9 Å². The predicted octanol–water partition coefficient (Wildman–Crippen LogP) is 2.44. The third-order valence-electron chi connectivity index (χ3n) is 3.15. The minimum Gasteiger partial charge on any atom is -0.478 e. The van der Waals surface area contributed by atoms with E-state index in [0.29, 0.717) is 17.8 Å². The molecule has 5 heteroatoms. The quantitative estimate of drug-likeness (QED) is 0.810. The van der Waals surface area contributed by atoms with Gasteiger partial charge in [0.25, 0.3) is 5.91 Å². The highest BCUT2D eigenvalue weighted by molar-refractivity contribution is 5.92. The van der Waals surface area contributed by atoms with Crippen LogP contribution in [0.15, 0.2) is 24.4 Å². The van der Waals surface area contributed by atoms with E-state index in [9.17, 15) is 9.59 Å². The molecule has 0 fully saturated rings. The first-order valence-electron chi connectivity index (χ1n) is 6.67. The fourth-order valence-electron chi connectivity index (χ4n) is 1.82. The summed E-state index contributed by atoms with van der Waals surface area (Å²) < 4.78 is 0. The molecule has 1 unspecified atom stereocenters. The molecular weight excluding hydrogens is 256 g/mol. The third-order valence-corrected chi connectivity index (χ3v) is 3.15. The van der Waals surface area contributed by atoms with Crippen molar-refractivity contribution < 1.29 is 14.7 Å². The first-order valence-corrected chi connectivity index (χ1v) is 6.67. The number of pyridine rings is 1. The molecule has 1 rings (SSSR count). The van der Waals surface area contributed by atoms with E-state index in [2.05, 4.69) is 4.98 Å². The van der Waals surface area contributed by atoms with Gasteiger partial charge in [-0.3, -0.25) is 9.78 Å². The number of carboxylic acid groups (broad SMARTS) is 1. The van der Waals surface area contributed by atoms with Gasteiger partial charge < -0.3 is 10.0 Å². The monoisotopic (exact) mass is 276 g/mol. The molecule has 0 aliphatic rings. The van der Waals surface area contributed by atoms with E-state index in [4.69, 9.17) is 5.11 Å². The number of carboxylic acids is 1. The van der Waals surface area contributed by atoms with Crippen LogP contribution in [0.3, 0.4) is 0 Å². The van der Waals surface area contributed by atoms with Gasteiger partial charge in [-0.15, -0.1) is 0 Å². The lowest BCUT2D eigenvalue weighted by Gasteiger charge is -2.26. The number of carbonyl (C=O) groups is 2. The number of nitrogens with zero attached hydrogens (tertiary/aromatic N) is 2. The lowest BCUT2D eigenvalue weighted by molar-refractivity contribution is -0.131. The van der Waals surface area contributed by atoms with Crippen LogP contribution in [0.25, 0.3) is 6.08 Å². The Hall–Kier alpha value is -2.17. The first-order chi connectivity index (χ1) is 9.49. The van der Waals surface area contributed by atoms with Gasteiger partial charge in [0.1, 0.15) is 5.69 Å². The van der Waals surface area contributed by atoms with Crippen molar-refractivity contribution >= 4 is 18.0 Å². The molecule has 1 aromatic rings. The Morgan fingerprint density at radius 3 is 2.55 bits per heavy atom. The fraction of sp³-hybridized carbons (Fsp3) is 0.400. The number of aliphatic carboxylic acids is 1. The Morgan fingerprint density at radius 1 is 1.40 bits per heavy atom. The minimum absolute atomic E-state index is 0.101. The van der Waals surface area contributed by atoms with Crippen LogP contribution >= 0.6 is 0 Å². The molecule has 0 aliphatic carbocycles. The van der Waals surface area contributed by atoms with Crippen LogP contribution in [-0.2, 0) is 4.79 Å². The Morgan fingerprint density at radius 2 is 2.10 bits per heavy atom. The molecule has 1 N–H and O–H groups in total. The predicted molar refractivity (Wildman–Crippen MR) is 77.4 cm³/mol. The summed E-state index contributed by atoms with van der Waals surface area (Å²) in [6.07, 6.45) is 4.86. The maximum absolute atomic E-state index is 12.3. The zero-order valence-corrected chi connectivity index (χ0v) is 12.0. The highest BCUT2D eigenvalue weighted by Gasteiger charge is 2.19. The van der Waals surface area contributed by atoms with Gasteiger partial charge in [0.05, 0.1) is 0 Å². The van der Waals surface area contributed by atoms with E-state index in [1.807, 2.05) is 20.8 Å². The lowest BCUT2D eigenvalue weighted by Crippen LogP contribution is -2.38. The number of amides is 1. The molecule has 108 valence electrons. The molecule has 0 bridgehead atoms. The molecule has 0 saturated heterocycles. The second-order valence-electron chi connectivity index (χ2n) is 4.50. The first kappa shape index (κ1) is 15.9. The van der Waals surface area contributed by atoms with Crippen LogP contribution in [0.2, 0.25) is 0 Å². The third kappa shape index (κ3) is 4.19. The van der Waals surface area contributed by atoms with Crippen molar-refractivity contribution in [2.24, 2.45) is 0 Å². The van der Waals surface area contributed by atoms with Crippen LogP contribution in [0.4, 0.5) is 0 Å². The summed E-state index contributed by atoms with van der Waals surface area (Å²) >= 11 is 0. The molecule has 0 radical (unpaired) electrons. The van der Waals surface area contributed by atoms with E-state index < -0.39 is 5.97 Å². The zero-order chi connectivity index (χ0) is 15.1. The largest absolute Gasteiger partial charge is 0.478 e. The molecule has 0 spiro atoms. The van der Waals surface area contributed by atoms with Crippen molar-refractivity contribution in [3.63, 3.8) is 0 Å². The van der Waals surface area contributed by atoms with E-state index >= 15 is 0 Å². The Kier molecular flexibility index (Phi) is 5.90. The van der Waals surface area contributed by atoms with E-state index in [1.165, 1.54) is 12.3 Å². The van der Waals surface area contributed by atoms with Gasteiger partial charge in [-0.1, -0.05) is 13.0 Å². The summed E-state index contributed by atoms with van der Waals surface area (Å²) in [7, 11) is 0. The molecule has 1 amide bonds. The highest BCUT2D eigenvalue weighted by Crippen LogP contribution is 2.10. The summed E-state index contributed by atoms with van der Waals surface area (Å²) in [5.74, 6) is -1.12. The van der Waals surface area contributed by atoms with Gasteiger partial charge in [0.2, 0.25) is 0 Å². The highest BCUT2D eigenvalue weighted by atomic mass is 16.4. The van der Waals surface area contributed by atoms with Crippen molar-refractivity contribution in [3.8, 4) is 0 Å². The SMILES string of the molecule is CCC(C)N(CC)C(=O)c1ccc(C=CC(=O)O)cn1. The van der Waals surface area contributed by atoms with Crippen molar-refractivity contribution in [2.75, 3.05) is 6.54 Å². The summed E-state index contributed by atoms with van der Waals surface area (Å²) in [4.78, 5) is 28.6. The molecule has 0 aliphatic heterocycles. The summed E-state index contributed by atoms with van der Waals surface area (Å²) in [6.45, 7) is 6.61. The van der Waals surface area contributed by atoms with Crippen LogP contribution in [-0.4, -0.2) is 39.5 Å². The number of hydrogen-bond acceptors (Lipinski definition) is 3. The zero-order valence-electron chi connectivity index (χ0n) is 12.0. The number of aromatic nitrogens is 1. The molecule has 1 aromatic heterocycles. The molecule has 1 atom stereocenters. The topological polar surface area (TPSA) is 70.5 Å². The molecular formula is C15H20N2O3. The second-order valence-corrected chi connectivity index (χ2v) is 4.50.